The highest BCUT2D eigenvalue weighted by Crippen LogP contribution is 2.36. The lowest BCUT2D eigenvalue weighted by atomic mass is 10.1. The molecular weight excluding hydrogens is 306 g/mol. The molecule has 1 aliphatic rings. The molecule has 1 unspecified atom stereocenters. The Morgan fingerprint density at radius 3 is 2.71 bits per heavy atom. The van der Waals surface area contributed by atoms with E-state index in [-0.39, 0.29) is 18.3 Å². The van der Waals surface area contributed by atoms with E-state index in [2.05, 4.69) is 0 Å². The van der Waals surface area contributed by atoms with Crippen LogP contribution in [-0.2, 0) is 14.3 Å². The number of methoxy groups -OCH3 is 1. The second-order valence-corrected chi connectivity index (χ2v) is 5.81. The minimum absolute atomic E-state index is 0.106. The van der Waals surface area contributed by atoms with Crippen LogP contribution < -0.4 is 9.64 Å². The number of amides is 1. The normalized spacial score (nSPS) is 17.0. The number of rotatable bonds is 4. The molecule has 2 aromatic rings. The van der Waals surface area contributed by atoms with Gasteiger partial charge in [0.15, 0.2) is 5.75 Å². The van der Waals surface area contributed by atoms with Crippen LogP contribution in [0.4, 0.5) is 5.69 Å². The molecule has 0 aromatic heterocycles. The Kier molecular flexibility index (Phi) is 4.51. The van der Waals surface area contributed by atoms with Crippen LogP contribution in [-0.4, -0.2) is 25.5 Å². The van der Waals surface area contributed by atoms with Crippen LogP contribution in [0.2, 0.25) is 0 Å². The Hall–Kier alpha value is -2.82. The monoisotopic (exact) mass is 325 g/mol. The van der Waals surface area contributed by atoms with Gasteiger partial charge in [0.05, 0.1) is 18.7 Å². The van der Waals surface area contributed by atoms with Crippen LogP contribution in [0, 0.1) is 12.8 Å². The van der Waals surface area contributed by atoms with Crippen molar-refractivity contribution in [1.29, 1.82) is 0 Å². The van der Waals surface area contributed by atoms with E-state index in [0.29, 0.717) is 23.7 Å². The van der Waals surface area contributed by atoms with Gasteiger partial charge in [-0.3, -0.25) is 9.59 Å². The zero-order chi connectivity index (χ0) is 17.1. The number of benzene rings is 2. The van der Waals surface area contributed by atoms with E-state index < -0.39 is 5.92 Å². The van der Waals surface area contributed by atoms with Crippen LogP contribution in [0.15, 0.2) is 48.5 Å². The summed E-state index contributed by atoms with van der Waals surface area (Å²) in [6.45, 7) is 2.30. The van der Waals surface area contributed by atoms with Crippen LogP contribution in [0.25, 0.3) is 0 Å². The number of para-hydroxylation sites is 2. The van der Waals surface area contributed by atoms with E-state index in [1.165, 1.54) is 7.11 Å². The van der Waals surface area contributed by atoms with Gasteiger partial charge >= 0.3 is 5.97 Å². The number of ether oxygens (including phenoxy) is 2. The van der Waals surface area contributed by atoms with E-state index in [9.17, 15) is 9.59 Å². The van der Waals surface area contributed by atoms with E-state index in [1.807, 2.05) is 55.5 Å². The first-order chi connectivity index (χ1) is 11.6. The summed E-state index contributed by atoms with van der Waals surface area (Å²) in [7, 11) is 1.34. The van der Waals surface area contributed by atoms with Crippen molar-refractivity contribution in [2.75, 3.05) is 18.6 Å². The lowest BCUT2D eigenvalue weighted by molar-refractivity contribution is -0.145. The fourth-order valence-corrected chi connectivity index (χ4v) is 2.84. The van der Waals surface area contributed by atoms with Gasteiger partial charge in [-0.2, -0.15) is 0 Å². The van der Waals surface area contributed by atoms with Crippen LogP contribution in [0.1, 0.15) is 12.0 Å². The molecule has 1 amide bonds. The van der Waals surface area contributed by atoms with E-state index in [0.717, 1.165) is 5.56 Å². The molecule has 5 heteroatoms. The van der Waals surface area contributed by atoms with Gasteiger partial charge in [0.2, 0.25) is 5.91 Å². The Morgan fingerprint density at radius 1 is 1.17 bits per heavy atom. The van der Waals surface area contributed by atoms with Gasteiger partial charge in [-0.05, 0) is 36.8 Å². The molecule has 5 nitrogen and oxygen atoms in total. The zero-order valence-electron chi connectivity index (χ0n) is 13.7. The summed E-state index contributed by atoms with van der Waals surface area (Å²) in [6.07, 6.45) is 0.158. The molecule has 124 valence electrons. The molecule has 0 saturated carbocycles. The third-order valence-electron chi connectivity index (χ3n) is 4.03. The maximum atomic E-state index is 12.3. The lowest BCUT2D eigenvalue weighted by Crippen LogP contribution is -2.26. The van der Waals surface area contributed by atoms with Gasteiger partial charge in [-0.1, -0.05) is 24.3 Å². The molecule has 3 rings (SSSR count). The SMILES string of the molecule is COC(=O)C1CC(=O)N(c2ccccc2Oc2cccc(C)c2)C1. The minimum Gasteiger partial charge on any atom is -0.469 e. The highest BCUT2D eigenvalue weighted by atomic mass is 16.5. The molecule has 1 saturated heterocycles. The van der Waals surface area contributed by atoms with E-state index in [1.54, 1.807) is 4.90 Å². The van der Waals surface area contributed by atoms with Crippen molar-refractivity contribution >= 4 is 17.6 Å². The zero-order valence-corrected chi connectivity index (χ0v) is 13.7. The Bertz CT molecular complexity index is 771. The van der Waals surface area contributed by atoms with Crippen LogP contribution in [0.5, 0.6) is 11.5 Å². The van der Waals surface area contributed by atoms with Gasteiger partial charge in [-0.15, -0.1) is 0 Å². The number of anilines is 1. The molecule has 0 spiro atoms. The Morgan fingerprint density at radius 2 is 1.96 bits per heavy atom. The predicted molar refractivity (Wildman–Crippen MR) is 90.2 cm³/mol. The summed E-state index contributed by atoms with van der Waals surface area (Å²) in [5.74, 6) is 0.392. The maximum absolute atomic E-state index is 12.3. The van der Waals surface area contributed by atoms with Gasteiger partial charge in [0.1, 0.15) is 5.75 Å². The van der Waals surface area contributed by atoms with Crippen molar-refractivity contribution in [3.05, 3.63) is 54.1 Å². The number of aryl methyl sites for hydroxylation is 1. The number of nitrogens with zero attached hydrogens (tertiary/aromatic N) is 1. The quantitative estimate of drug-likeness (QED) is 0.809. The summed E-state index contributed by atoms with van der Waals surface area (Å²) in [4.78, 5) is 25.6. The first kappa shape index (κ1) is 16.1. The molecule has 0 radical (unpaired) electrons. The third-order valence-corrected chi connectivity index (χ3v) is 4.03. The van der Waals surface area contributed by atoms with Crippen LogP contribution in [0.3, 0.4) is 0 Å². The molecule has 1 aliphatic heterocycles. The fourth-order valence-electron chi connectivity index (χ4n) is 2.84. The average Bonchev–Trinajstić information content (AvgIpc) is 2.96. The van der Waals surface area contributed by atoms with Gasteiger partial charge < -0.3 is 14.4 Å². The lowest BCUT2D eigenvalue weighted by Gasteiger charge is -2.20. The summed E-state index contributed by atoms with van der Waals surface area (Å²) >= 11 is 0. The topological polar surface area (TPSA) is 55.8 Å². The molecule has 0 bridgehead atoms. The largest absolute Gasteiger partial charge is 0.469 e. The predicted octanol–water partition coefficient (Wildman–Crippen LogP) is 3.31. The molecule has 2 aromatic carbocycles. The van der Waals surface area contributed by atoms with Gasteiger partial charge in [-0.25, -0.2) is 0 Å². The minimum atomic E-state index is -0.436. The smallest absolute Gasteiger partial charge is 0.311 e. The molecular formula is C19H19NO4. The highest BCUT2D eigenvalue weighted by molar-refractivity contribution is 6.00. The van der Waals surface area contributed by atoms with Crippen molar-refractivity contribution in [3.8, 4) is 11.5 Å². The molecule has 0 N–H and O–H groups in total. The summed E-state index contributed by atoms with van der Waals surface area (Å²) in [5.41, 5.74) is 1.75. The standard InChI is InChI=1S/C19H19NO4/c1-13-6-5-7-15(10-13)24-17-9-4-3-8-16(17)20-12-14(11-18(20)21)19(22)23-2/h3-10,14H,11-12H2,1-2H3. The summed E-state index contributed by atoms with van der Waals surface area (Å²) in [6, 6.07) is 15.0. The van der Waals surface area contributed by atoms with Crippen molar-refractivity contribution in [3.63, 3.8) is 0 Å². The average molecular weight is 325 g/mol. The van der Waals surface area contributed by atoms with Crippen LogP contribution >= 0.6 is 0 Å². The Balaban J connectivity index is 1.87. The van der Waals surface area contributed by atoms with E-state index in [4.69, 9.17) is 9.47 Å². The summed E-state index contributed by atoms with van der Waals surface area (Å²) < 4.78 is 10.7. The van der Waals surface area contributed by atoms with Gasteiger partial charge in [0.25, 0.3) is 0 Å². The molecule has 1 fully saturated rings. The fraction of sp³-hybridized carbons (Fsp3) is 0.263. The van der Waals surface area contributed by atoms with Crippen molar-refractivity contribution in [1.82, 2.24) is 0 Å². The highest BCUT2D eigenvalue weighted by Gasteiger charge is 2.36. The van der Waals surface area contributed by atoms with Gasteiger partial charge in [0, 0.05) is 13.0 Å². The second-order valence-electron chi connectivity index (χ2n) is 5.81. The first-order valence-electron chi connectivity index (χ1n) is 7.80. The number of hydrogen-bond acceptors (Lipinski definition) is 4. The molecule has 1 atom stereocenters. The Labute approximate surface area is 140 Å². The summed E-state index contributed by atoms with van der Waals surface area (Å²) in [5, 5.41) is 0. The second kappa shape index (κ2) is 6.74. The third kappa shape index (κ3) is 3.25. The maximum Gasteiger partial charge on any atom is 0.311 e. The number of hydrogen-bond donors (Lipinski definition) is 0. The van der Waals surface area contributed by atoms with Crippen molar-refractivity contribution in [2.45, 2.75) is 13.3 Å². The van der Waals surface area contributed by atoms with Crippen molar-refractivity contribution in [2.24, 2.45) is 5.92 Å². The molecule has 1 heterocycles. The number of esters is 1. The van der Waals surface area contributed by atoms with Crippen molar-refractivity contribution < 1.29 is 19.1 Å². The van der Waals surface area contributed by atoms with E-state index >= 15 is 0 Å². The number of carbonyl (C=O) groups is 2. The molecule has 24 heavy (non-hydrogen) atoms. The first-order valence-corrected chi connectivity index (χ1v) is 7.80. The number of carbonyl (C=O) groups excluding carboxylic acids is 2. The molecule has 0 aliphatic carbocycles.